The second-order valence-electron chi connectivity index (χ2n) is 8.77. The van der Waals surface area contributed by atoms with Crippen molar-refractivity contribution in [3.63, 3.8) is 0 Å². The molecule has 2 aliphatic heterocycles. The Kier molecular flexibility index (Phi) is 4.55. The Balaban J connectivity index is 1.42. The third-order valence-electron chi connectivity index (χ3n) is 6.18. The van der Waals surface area contributed by atoms with Crippen LogP contribution in [0.15, 0.2) is 60.9 Å². The van der Waals surface area contributed by atoms with Crippen LogP contribution in [-0.4, -0.2) is 17.4 Å². The summed E-state index contributed by atoms with van der Waals surface area (Å²) in [4.78, 5) is 19.3. The fraction of sp³-hybridized carbons (Fsp3) is 0.280. The van der Waals surface area contributed by atoms with Crippen LogP contribution in [0.1, 0.15) is 46.5 Å². The number of benzene rings is 2. The molecule has 30 heavy (non-hydrogen) atoms. The summed E-state index contributed by atoms with van der Waals surface area (Å²) in [6.07, 6.45) is 3.57. The van der Waals surface area contributed by atoms with Gasteiger partial charge >= 0.3 is 0 Å². The molecule has 0 aliphatic carbocycles. The SMILES string of the molecule is CC1(C)CNCc2cc(N3Cc4cccc(NCc5ccncc5)c4C3=O)ccc21. The first-order chi connectivity index (χ1) is 14.5. The van der Waals surface area contributed by atoms with E-state index in [1.165, 1.54) is 11.1 Å². The van der Waals surface area contributed by atoms with Crippen molar-refractivity contribution in [1.29, 1.82) is 0 Å². The molecule has 5 rings (SSSR count). The number of carbonyl (C=O) groups is 1. The van der Waals surface area contributed by atoms with Gasteiger partial charge in [-0.15, -0.1) is 0 Å². The molecule has 0 saturated carbocycles. The first kappa shape index (κ1) is 18.8. The Bertz CT molecular complexity index is 1110. The summed E-state index contributed by atoms with van der Waals surface area (Å²) in [5, 5.41) is 6.94. The predicted molar refractivity (Wildman–Crippen MR) is 120 cm³/mol. The zero-order valence-electron chi connectivity index (χ0n) is 17.4. The van der Waals surface area contributed by atoms with Crippen molar-refractivity contribution in [2.45, 2.75) is 38.9 Å². The largest absolute Gasteiger partial charge is 0.380 e. The summed E-state index contributed by atoms with van der Waals surface area (Å²) >= 11 is 0. The molecule has 2 aromatic carbocycles. The van der Waals surface area contributed by atoms with Gasteiger partial charge in [-0.2, -0.15) is 0 Å². The number of hydrogen-bond donors (Lipinski definition) is 2. The maximum atomic E-state index is 13.4. The molecule has 0 unspecified atom stereocenters. The van der Waals surface area contributed by atoms with Gasteiger partial charge in [0, 0.05) is 48.8 Å². The molecule has 0 saturated heterocycles. The smallest absolute Gasteiger partial charge is 0.261 e. The van der Waals surface area contributed by atoms with E-state index in [9.17, 15) is 4.79 Å². The lowest BCUT2D eigenvalue weighted by molar-refractivity contribution is 0.0997. The van der Waals surface area contributed by atoms with Gasteiger partial charge in [0.2, 0.25) is 0 Å². The number of pyridine rings is 1. The van der Waals surface area contributed by atoms with Crippen molar-refractivity contribution in [3.8, 4) is 0 Å². The molecule has 3 aromatic rings. The maximum absolute atomic E-state index is 13.4. The van der Waals surface area contributed by atoms with E-state index in [1.807, 2.05) is 35.2 Å². The van der Waals surface area contributed by atoms with Crippen molar-refractivity contribution in [2.24, 2.45) is 0 Å². The summed E-state index contributed by atoms with van der Waals surface area (Å²) < 4.78 is 0. The van der Waals surface area contributed by atoms with Gasteiger partial charge in [0.1, 0.15) is 0 Å². The average Bonchev–Trinajstić information content (AvgIpc) is 3.10. The van der Waals surface area contributed by atoms with Gasteiger partial charge in [0.25, 0.3) is 5.91 Å². The molecular weight excluding hydrogens is 372 g/mol. The number of aromatic nitrogens is 1. The Morgan fingerprint density at radius 2 is 1.93 bits per heavy atom. The second kappa shape index (κ2) is 7.26. The fourth-order valence-electron chi connectivity index (χ4n) is 4.57. The van der Waals surface area contributed by atoms with Crippen molar-refractivity contribution in [3.05, 3.63) is 88.7 Å². The number of amides is 1. The highest BCUT2D eigenvalue weighted by atomic mass is 16.2. The van der Waals surface area contributed by atoms with E-state index in [2.05, 4.69) is 47.7 Å². The molecule has 3 heterocycles. The minimum atomic E-state index is 0.0609. The fourth-order valence-corrected chi connectivity index (χ4v) is 4.57. The molecule has 0 fully saturated rings. The summed E-state index contributed by atoms with van der Waals surface area (Å²) in [6, 6.07) is 16.5. The molecule has 1 aromatic heterocycles. The van der Waals surface area contributed by atoms with Crippen LogP contribution >= 0.6 is 0 Å². The molecule has 0 radical (unpaired) electrons. The van der Waals surface area contributed by atoms with E-state index < -0.39 is 0 Å². The van der Waals surface area contributed by atoms with E-state index >= 15 is 0 Å². The van der Waals surface area contributed by atoms with Crippen LogP contribution in [0, 0.1) is 0 Å². The highest BCUT2D eigenvalue weighted by molar-refractivity contribution is 6.13. The van der Waals surface area contributed by atoms with E-state index in [0.717, 1.165) is 41.2 Å². The molecule has 1 amide bonds. The highest BCUT2D eigenvalue weighted by Gasteiger charge is 2.33. The second-order valence-corrected chi connectivity index (χ2v) is 8.77. The molecule has 0 spiro atoms. The maximum Gasteiger partial charge on any atom is 0.261 e. The van der Waals surface area contributed by atoms with E-state index in [0.29, 0.717) is 13.1 Å². The lowest BCUT2D eigenvalue weighted by Gasteiger charge is -2.34. The quantitative estimate of drug-likeness (QED) is 0.690. The van der Waals surface area contributed by atoms with Gasteiger partial charge < -0.3 is 15.5 Å². The van der Waals surface area contributed by atoms with Gasteiger partial charge in [-0.25, -0.2) is 0 Å². The van der Waals surface area contributed by atoms with Crippen molar-refractivity contribution >= 4 is 17.3 Å². The molecular formula is C25H26N4O. The molecule has 5 heteroatoms. The van der Waals surface area contributed by atoms with Crippen LogP contribution in [-0.2, 0) is 25.0 Å². The number of anilines is 2. The molecule has 0 atom stereocenters. The zero-order chi connectivity index (χ0) is 20.7. The molecule has 0 bridgehead atoms. The van der Waals surface area contributed by atoms with Crippen LogP contribution < -0.4 is 15.5 Å². The van der Waals surface area contributed by atoms with E-state index in [4.69, 9.17) is 0 Å². The van der Waals surface area contributed by atoms with Crippen LogP contribution in [0.5, 0.6) is 0 Å². The van der Waals surface area contributed by atoms with Crippen molar-refractivity contribution in [1.82, 2.24) is 10.3 Å². The van der Waals surface area contributed by atoms with Crippen LogP contribution in [0.4, 0.5) is 11.4 Å². The zero-order valence-corrected chi connectivity index (χ0v) is 17.4. The summed E-state index contributed by atoms with van der Waals surface area (Å²) in [5.41, 5.74) is 7.59. The number of carbonyl (C=O) groups excluding carboxylic acids is 1. The minimum absolute atomic E-state index is 0.0609. The Morgan fingerprint density at radius 1 is 1.10 bits per heavy atom. The normalized spacial score (nSPS) is 16.9. The summed E-state index contributed by atoms with van der Waals surface area (Å²) in [7, 11) is 0. The van der Waals surface area contributed by atoms with Crippen LogP contribution in [0.3, 0.4) is 0 Å². The van der Waals surface area contributed by atoms with Crippen molar-refractivity contribution < 1.29 is 4.79 Å². The molecule has 5 nitrogen and oxygen atoms in total. The number of fused-ring (bicyclic) bond motifs is 2. The standard InChI is InChI=1S/C25H26N4O/c1-25(2)16-27-14-19-12-20(6-7-21(19)25)29-15-18-4-3-5-22(23(18)24(29)30)28-13-17-8-10-26-11-9-17/h3-12,27-28H,13-16H2,1-2H3. The number of nitrogens with one attached hydrogen (secondary N) is 2. The van der Waals surface area contributed by atoms with Gasteiger partial charge in [-0.05, 0) is 52.6 Å². The van der Waals surface area contributed by atoms with Crippen LogP contribution in [0.25, 0.3) is 0 Å². The highest BCUT2D eigenvalue weighted by Crippen LogP contribution is 2.36. The lowest BCUT2D eigenvalue weighted by atomic mass is 9.79. The van der Waals surface area contributed by atoms with E-state index in [1.54, 1.807) is 12.4 Å². The summed E-state index contributed by atoms with van der Waals surface area (Å²) in [6.45, 7) is 7.60. The first-order valence-electron chi connectivity index (χ1n) is 10.4. The number of hydrogen-bond acceptors (Lipinski definition) is 4. The van der Waals surface area contributed by atoms with Crippen molar-refractivity contribution in [2.75, 3.05) is 16.8 Å². The van der Waals surface area contributed by atoms with Gasteiger partial charge in [0.05, 0.1) is 12.1 Å². The molecule has 2 aliphatic rings. The van der Waals surface area contributed by atoms with Gasteiger partial charge in [0.15, 0.2) is 0 Å². The number of rotatable bonds is 4. The minimum Gasteiger partial charge on any atom is -0.380 e. The third-order valence-corrected chi connectivity index (χ3v) is 6.18. The topological polar surface area (TPSA) is 57.3 Å². The molecule has 152 valence electrons. The summed E-state index contributed by atoms with van der Waals surface area (Å²) in [5.74, 6) is 0.0609. The average molecular weight is 399 g/mol. The molecule has 2 N–H and O–H groups in total. The predicted octanol–water partition coefficient (Wildman–Crippen LogP) is 4.23. The first-order valence-corrected chi connectivity index (χ1v) is 10.4. The van der Waals surface area contributed by atoms with Gasteiger partial charge in [-0.3, -0.25) is 9.78 Å². The Hall–Kier alpha value is -3.18. The van der Waals surface area contributed by atoms with Crippen LogP contribution in [0.2, 0.25) is 0 Å². The third kappa shape index (κ3) is 3.25. The Morgan fingerprint density at radius 3 is 2.77 bits per heavy atom. The number of nitrogens with zero attached hydrogens (tertiary/aromatic N) is 2. The Labute approximate surface area is 177 Å². The monoisotopic (exact) mass is 398 g/mol. The van der Waals surface area contributed by atoms with E-state index in [-0.39, 0.29) is 11.3 Å². The lowest BCUT2D eigenvalue weighted by Crippen LogP contribution is -2.38. The van der Waals surface area contributed by atoms with Gasteiger partial charge in [-0.1, -0.05) is 32.0 Å².